The molecule has 110 valence electrons. The van der Waals surface area contributed by atoms with Crippen LogP contribution < -0.4 is 11.3 Å². The molecule has 5 nitrogen and oxygen atoms in total. The van der Waals surface area contributed by atoms with E-state index in [1.54, 1.807) is 16.4 Å². The summed E-state index contributed by atoms with van der Waals surface area (Å²) in [7, 11) is -3.39. The Bertz CT molecular complexity index is 619. The highest BCUT2D eigenvalue weighted by molar-refractivity contribution is 7.89. The Morgan fingerprint density at radius 3 is 2.35 bits per heavy atom. The smallest absolute Gasteiger partial charge is 0.243 e. The van der Waals surface area contributed by atoms with Crippen molar-refractivity contribution in [1.29, 1.82) is 0 Å². The highest BCUT2D eigenvalue weighted by atomic mass is 32.2. The standard InChI is InChI=1S/C14H21N3O2S/c1-9-5-12(16-15)6-10(2)14(9)20(18,19)17-8-11-3-4-13(17)7-11/h5-6,11,13,16H,3-4,7-8,15H2,1-2H3. The van der Waals surface area contributed by atoms with Crippen LogP contribution in [0.4, 0.5) is 5.69 Å². The highest BCUT2D eigenvalue weighted by Crippen LogP contribution is 2.41. The highest BCUT2D eigenvalue weighted by Gasteiger charge is 2.44. The molecule has 2 unspecified atom stereocenters. The molecule has 3 N–H and O–H groups in total. The van der Waals surface area contributed by atoms with Crippen LogP contribution in [-0.4, -0.2) is 25.3 Å². The molecule has 1 saturated carbocycles. The Morgan fingerprint density at radius 1 is 1.25 bits per heavy atom. The first kappa shape index (κ1) is 13.9. The van der Waals surface area contributed by atoms with E-state index in [-0.39, 0.29) is 6.04 Å². The summed E-state index contributed by atoms with van der Waals surface area (Å²) in [6.07, 6.45) is 3.20. The number of sulfonamides is 1. The van der Waals surface area contributed by atoms with Gasteiger partial charge in [0.25, 0.3) is 0 Å². The third-order valence-electron chi connectivity index (χ3n) is 4.55. The Balaban J connectivity index is 2.04. The van der Waals surface area contributed by atoms with Crippen molar-refractivity contribution in [2.45, 2.75) is 44.0 Å². The van der Waals surface area contributed by atoms with E-state index in [1.807, 2.05) is 13.8 Å². The Kier molecular flexibility index (Phi) is 3.27. The maximum atomic E-state index is 12.9. The maximum Gasteiger partial charge on any atom is 0.243 e. The molecule has 2 aliphatic rings. The minimum atomic E-state index is -3.39. The lowest BCUT2D eigenvalue weighted by Crippen LogP contribution is -2.38. The maximum absolute atomic E-state index is 12.9. The van der Waals surface area contributed by atoms with Gasteiger partial charge in [-0.1, -0.05) is 0 Å². The van der Waals surface area contributed by atoms with E-state index in [1.165, 1.54) is 6.42 Å². The van der Waals surface area contributed by atoms with Gasteiger partial charge < -0.3 is 5.43 Å². The second-order valence-electron chi connectivity index (χ2n) is 5.99. The zero-order valence-corrected chi connectivity index (χ0v) is 12.7. The Morgan fingerprint density at radius 2 is 1.90 bits per heavy atom. The summed E-state index contributed by atoms with van der Waals surface area (Å²) in [5, 5.41) is 0. The van der Waals surface area contributed by atoms with Gasteiger partial charge in [-0.3, -0.25) is 5.84 Å². The second-order valence-corrected chi connectivity index (χ2v) is 7.82. The second kappa shape index (κ2) is 4.72. The fourth-order valence-corrected chi connectivity index (χ4v) is 5.89. The number of hydrogen-bond acceptors (Lipinski definition) is 4. The van der Waals surface area contributed by atoms with E-state index in [2.05, 4.69) is 5.43 Å². The molecule has 0 amide bonds. The summed E-state index contributed by atoms with van der Waals surface area (Å²) < 4.78 is 27.6. The molecule has 6 heteroatoms. The van der Waals surface area contributed by atoms with Crippen molar-refractivity contribution >= 4 is 15.7 Å². The number of rotatable bonds is 3. The van der Waals surface area contributed by atoms with E-state index in [0.29, 0.717) is 17.4 Å². The lowest BCUT2D eigenvalue weighted by Gasteiger charge is -2.27. The summed E-state index contributed by atoms with van der Waals surface area (Å²) in [6.45, 7) is 4.34. The number of nitrogens with two attached hydrogens (primary N) is 1. The zero-order chi connectivity index (χ0) is 14.5. The van der Waals surface area contributed by atoms with E-state index < -0.39 is 10.0 Å². The molecule has 1 saturated heterocycles. The van der Waals surface area contributed by atoms with Crippen LogP contribution in [0.5, 0.6) is 0 Å². The fourth-order valence-electron chi connectivity index (χ4n) is 3.73. The third-order valence-corrected chi connectivity index (χ3v) is 6.78. The first-order valence-corrected chi connectivity index (χ1v) is 8.47. The van der Waals surface area contributed by atoms with Crippen molar-refractivity contribution in [3.05, 3.63) is 23.3 Å². The minimum Gasteiger partial charge on any atom is -0.324 e. The van der Waals surface area contributed by atoms with Crippen molar-refractivity contribution < 1.29 is 8.42 Å². The number of hydrogen-bond donors (Lipinski definition) is 2. The summed E-state index contributed by atoms with van der Waals surface area (Å²) in [5.41, 5.74) is 4.81. The largest absolute Gasteiger partial charge is 0.324 e. The summed E-state index contributed by atoms with van der Waals surface area (Å²) >= 11 is 0. The summed E-state index contributed by atoms with van der Waals surface area (Å²) in [6, 6.07) is 3.78. The van der Waals surface area contributed by atoms with Gasteiger partial charge in [-0.05, 0) is 62.3 Å². The van der Waals surface area contributed by atoms with E-state index in [0.717, 1.165) is 29.7 Å². The number of nitrogens with zero attached hydrogens (tertiary/aromatic N) is 1. The summed E-state index contributed by atoms with van der Waals surface area (Å²) in [5.74, 6) is 5.96. The molecule has 1 aliphatic carbocycles. The van der Waals surface area contributed by atoms with Crippen LogP contribution in [0.1, 0.15) is 30.4 Å². The average molecular weight is 295 g/mol. The lowest BCUT2D eigenvalue weighted by atomic mass is 10.1. The molecule has 1 aromatic carbocycles. The number of hydrazine groups is 1. The fraction of sp³-hybridized carbons (Fsp3) is 0.571. The number of anilines is 1. The van der Waals surface area contributed by atoms with Crippen molar-refractivity contribution in [2.24, 2.45) is 11.8 Å². The van der Waals surface area contributed by atoms with Crippen LogP contribution in [0.2, 0.25) is 0 Å². The SMILES string of the molecule is Cc1cc(NN)cc(C)c1S(=O)(=O)N1CC2CCC1C2. The van der Waals surface area contributed by atoms with Crippen LogP contribution >= 0.6 is 0 Å². The number of fused-ring (bicyclic) bond motifs is 2. The van der Waals surface area contributed by atoms with Crippen LogP contribution in [0, 0.1) is 19.8 Å². The van der Waals surface area contributed by atoms with Crippen molar-refractivity contribution in [3.8, 4) is 0 Å². The predicted octanol–water partition coefficient (Wildman–Crippen LogP) is 1.76. The van der Waals surface area contributed by atoms with E-state index >= 15 is 0 Å². The van der Waals surface area contributed by atoms with Crippen LogP contribution in [0.3, 0.4) is 0 Å². The van der Waals surface area contributed by atoms with Gasteiger partial charge >= 0.3 is 0 Å². The molecule has 3 rings (SSSR count). The molecule has 0 radical (unpaired) electrons. The van der Waals surface area contributed by atoms with Crippen molar-refractivity contribution in [3.63, 3.8) is 0 Å². The predicted molar refractivity (Wildman–Crippen MR) is 78.7 cm³/mol. The van der Waals surface area contributed by atoms with Gasteiger partial charge in [0.15, 0.2) is 0 Å². The molecule has 1 aliphatic heterocycles. The van der Waals surface area contributed by atoms with Crippen LogP contribution in [0.25, 0.3) is 0 Å². The third kappa shape index (κ3) is 2.03. The topological polar surface area (TPSA) is 75.4 Å². The molecule has 20 heavy (non-hydrogen) atoms. The zero-order valence-electron chi connectivity index (χ0n) is 11.9. The lowest BCUT2D eigenvalue weighted by molar-refractivity contribution is 0.333. The number of aryl methyl sites for hydroxylation is 2. The van der Waals surface area contributed by atoms with Gasteiger partial charge in [0.2, 0.25) is 10.0 Å². The van der Waals surface area contributed by atoms with E-state index in [4.69, 9.17) is 5.84 Å². The molecule has 2 bridgehead atoms. The molecule has 0 spiro atoms. The van der Waals surface area contributed by atoms with Gasteiger partial charge in [0, 0.05) is 18.3 Å². The molecular formula is C14H21N3O2S. The molecule has 0 aromatic heterocycles. The van der Waals surface area contributed by atoms with Gasteiger partial charge in [0.05, 0.1) is 4.90 Å². The first-order valence-electron chi connectivity index (χ1n) is 7.03. The minimum absolute atomic E-state index is 0.205. The number of nitrogen functional groups attached to an aromatic ring is 1. The number of piperidine rings is 1. The number of nitrogens with one attached hydrogen (secondary N) is 1. The molecular weight excluding hydrogens is 274 g/mol. The molecule has 2 atom stereocenters. The molecule has 1 aromatic rings. The Hall–Kier alpha value is -1.11. The van der Waals surface area contributed by atoms with Crippen molar-refractivity contribution in [2.75, 3.05) is 12.0 Å². The van der Waals surface area contributed by atoms with Crippen LogP contribution in [-0.2, 0) is 10.0 Å². The monoisotopic (exact) mass is 295 g/mol. The first-order chi connectivity index (χ1) is 9.43. The van der Waals surface area contributed by atoms with Crippen LogP contribution in [0.15, 0.2) is 17.0 Å². The van der Waals surface area contributed by atoms with Gasteiger partial charge in [-0.25, -0.2) is 8.42 Å². The average Bonchev–Trinajstić information content (AvgIpc) is 2.99. The van der Waals surface area contributed by atoms with Gasteiger partial charge in [0.1, 0.15) is 0 Å². The molecule has 2 fully saturated rings. The van der Waals surface area contributed by atoms with Gasteiger partial charge in [-0.15, -0.1) is 0 Å². The molecule has 1 heterocycles. The van der Waals surface area contributed by atoms with Gasteiger partial charge in [-0.2, -0.15) is 4.31 Å². The van der Waals surface area contributed by atoms with E-state index in [9.17, 15) is 8.42 Å². The quantitative estimate of drug-likeness (QED) is 0.658. The Labute approximate surface area is 120 Å². The van der Waals surface area contributed by atoms with Crippen molar-refractivity contribution in [1.82, 2.24) is 4.31 Å². The normalized spacial score (nSPS) is 26.1. The number of benzene rings is 1. The summed E-state index contributed by atoms with van der Waals surface area (Å²) in [4.78, 5) is 0.448.